The summed E-state index contributed by atoms with van der Waals surface area (Å²) in [7, 11) is 0. The summed E-state index contributed by atoms with van der Waals surface area (Å²) in [5.41, 5.74) is 1.55. The van der Waals surface area contributed by atoms with Crippen molar-refractivity contribution >= 4 is 23.4 Å². The highest BCUT2D eigenvalue weighted by Gasteiger charge is 2.13. The fourth-order valence-corrected chi connectivity index (χ4v) is 3.00. The largest absolute Gasteiger partial charge is 0.486 e. The molecular weight excluding hydrogens is 354 g/mol. The standard InChI is InChI=1S/C17H15N5O3S/c23-15(19-12-1-2-13-14(9-12)25-8-7-24-13)10-26-17-20-16(21-22-17)11-3-5-18-6-4-11/h1-6,9H,7-8,10H2,(H,19,23)(H,20,21,22). The zero-order valence-corrected chi connectivity index (χ0v) is 14.5. The monoisotopic (exact) mass is 369 g/mol. The molecule has 3 heterocycles. The molecule has 132 valence electrons. The molecule has 26 heavy (non-hydrogen) atoms. The van der Waals surface area contributed by atoms with E-state index in [1.165, 1.54) is 11.8 Å². The fourth-order valence-electron chi connectivity index (χ4n) is 2.40. The summed E-state index contributed by atoms with van der Waals surface area (Å²) in [6.45, 7) is 1.04. The third kappa shape index (κ3) is 3.77. The number of fused-ring (bicyclic) bond motifs is 1. The fraction of sp³-hybridized carbons (Fsp3) is 0.176. The number of hydrogen-bond donors (Lipinski definition) is 2. The van der Waals surface area contributed by atoms with Gasteiger partial charge in [0.2, 0.25) is 11.1 Å². The smallest absolute Gasteiger partial charge is 0.234 e. The molecule has 3 aromatic rings. The van der Waals surface area contributed by atoms with Crippen molar-refractivity contribution in [2.24, 2.45) is 0 Å². The molecule has 1 aromatic carbocycles. The van der Waals surface area contributed by atoms with Crippen molar-refractivity contribution in [3.8, 4) is 22.9 Å². The molecule has 1 aliphatic heterocycles. The molecule has 0 aliphatic carbocycles. The second-order valence-electron chi connectivity index (χ2n) is 5.40. The van der Waals surface area contributed by atoms with Gasteiger partial charge in [0, 0.05) is 29.7 Å². The van der Waals surface area contributed by atoms with E-state index in [0.29, 0.717) is 41.4 Å². The first kappa shape index (κ1) is 16.4. The van der Waals surface area contributed by atoms with Gasteiger partial charge < -0.3 is 14.8 Å². The van der Waals surface area contributed by atoms with Gasteiger partial charge in [-0.15, -0.1) is 5.10 Å². The average molecular weight is 369 g/mol. The number of aromatic amines is 1. The molecule has 8 nitrogen and oxygen atoms in total. The molecule has 0 unspecified atom stereocenters. The number of pyridine rings is 1. The molecule has 0 fully saturated rings. The Hall–Kier alpha value is -3.07. The summed E-state index contributed by atoms with van der Waals surface area (Å²) in [5, 5.41) is 10.3. The van der Waals surface area contributed by atoms with E-state index in [-0.39, 0.29) is 11.7 Å². The van der Waals surface area contributed by atoms with Crippen molar-refractivity contribution in [1.29, 1.82) is 0 Å². The first-order chi connectivity index (χ1) is 12.8. The van der Waals surface area contributed by atoms with Crippen LogP contribution in [0.1, 0.15) is 0 Å². The van der Waals surface area contributed by atoms with E-state index in [2.05, 4.69) is 25.5 Å². The average Bonchev–Trinajstić information content (AvgIpc) is 3.16. The number of carbonyl (C=O) groups excluding carboxylic acids is 1. The lowest BCUT2D eigenvalue weighted by atomic mass is 10.2. The Morgan fingerprint density at radius 1 is 1.15 bits per heavy atom. The molecular formula is C17H15N5O3S. The number of anilines is 1. The summed E-state index contributed by atoms with van der Waals surface area (Å²) in [4.78, 5) is 20.5. The second kappa shape index (κ2) is 7.44. The van der Waals surface area contributed by atoms with Crippen molar-refractivity contribution in [3.05, 3.63) is 42.7 Å². The van der Waals surface area contributed by atoms with Crippen LogP contribution in [0.25, 0.3) is 11.4 Å². The Bertz CT molecular complexity index is 916. The third-order valence-corrected chi connectivity index (χ3v) is 4.42. The number of amides is 1. The molecule has 4 rings (SSSR count). The highest BCUT2D eigenvalue weighted by molar-refractivity contribution is 7.99. The first-order valence-electron chi connectivity index (χ1n) is 7.93. The van der Waals surface area contributed by atoms with Crippen molar-refractivity contribution in [2.45, 2.75) is 5.16 Å². The normalized spacial score (nSPS) is 12.6. The predicted molar refractivity (Wildman–Crippen MR) is 96.4 cm³/mol. The van der Waals surface area contributed by atoms with Crippen LogP contribution in [0.5, 0.6) is 11.5 Å². The van der Waals surface area contributed by atoms with Crippen molar-refractivity contribution < 1.29 is 14.3 Å². The van der Waals surface area contributed by atoms with Gasteiger partial charge in [-0.3, -0.25) is 14.9 Å². The van der Waals surface area contributed by atoms with E-state index in [4.69, 9.17) is 9.47 Å². The molecule has 0 bridgehead atoms. The lowest BCUT2D eigenvalue weighted by Crippen LogP contribution is -2.17. The van der Waals surface area contributed by atoms with Gasteiger partial charge in [-0.25, -0.2) is 4.98 Å². The van der Waals surface area contributed by atoms with Gasteiger partial charge in [-0.05, 0) is 24.3 Å². The van der Waals surface area contributed by atoms with E-state index in [9.17, 15) is 4.79 Å². The molecule has 1 amide bonds. The number of benzene rings is 1. The number of rotatable bonds is 5. The molecule has 1 aliphatic rings. The number of H-pyrrole nitrogens is 1. The van der Waals surface area contributed by atoms with Crippen molar-refractivity contribution in [3.63, 3.8) is 0 Å². The maximum atomic E-state index is 12.2. The first-order valence-corrected chi connectivity index (χ1v) is 8.91. The molecule has 0 saturated heterocycles. The van der Waals surface area contributed by atoms with Crippen LogP contribution >= 0.6 is 11.8 Å². The van der Waals surface area contributed by atoms with Gasteiger partial charge in [-0.2, -0.15) is 0 Å². The lowest BCUT2D eigenvalue weighted by molar-refractivity contribution is -0.113. The minimum Gasteiger partial charge on any atom is -0.486 e. The Balaban J connectivity index is 1.34. The molecule has 0 atom stereocenters. The lowest BCUT2D eigenvalue weighted by Gasteiger charge is -2.18. The van der Waals surface area contributed by atoms with Gasteiger partial charge >= 0.3 is 0 Å². The molecule has 9 heteroatoms. The number of thioether (sulfide) groups is 1. The zero-order valence-electron chi connectivity index (χ0n) is 13.6. The van der Waals surface area contributed by atoms with Crippen molar-refractivity contribution in [2.75, 3.05) is 24.3 Å². The van der Waals surface area contributed by atoms with Crippen molar-refractivity contribution in [1.82, 2.24) is 20.2 Å². The highest BCUT2D eigenvalue weighted by Crippen LogP contribution is 2.32. The van der Waals surface area contributed by atoms with Crippen LogP contribution in [0.2, 0.25) is 0 Å². The van der Waals surface area contributed by atoms with E-state index < -0.39 is 0 Å². The van der Waals surface area contributed by atoms with Crippen LogP contribution in [-0.2, 0) is 4.79 Å². The summed E-state index contributed by atoms with van der Waals surface area (Å²) in [6.07, 6.45) is 3.37. The van der Waals surface area contributed by atoms with Gasteiger partial charge in [0.05, 0.1) is 5.75 Å². The Kier molecular flexibility index (Phi) is 4.69. The van der Waals surface area contributed by atoms with Gasteiger partial charge in [-0.1, -0.05) is 11.8 Å². The van der Waals surface area contributed by atoms with Crippen LogP contribution in [0.15, 0.2) is 47.9 Å². The Morgan fingerprint density at radius 3 is 2.81 bits per heavy atom. The van der Waals surface area contributed by atoms with E-state index in [1.54, 1.807) is 30.6 Å². The van der Waals surface area contributed by atoms with Crippen LogP contribution in [0, 0.1) is 0 Å². The maximum absolute atomic E-state index is 12.2. The predicted octanol–water partition coefficient (Wildman–Crippen LogP) is 2.37. The number of nitrogens with one attached hydrogen (secondary N) is 2. The van der Waals surface area contributed by atoms with E-state index in [0.717, 1.165) is 5.56 Å². The quantitative estimate of drug-likeness (QED) is 0.666. The summed E-state index contributed by atoms with van der Waals surface area (Å²) >= 11 is 1.25. The zero-order chi connectivity index (χ0) is 17.8. The van der Waals surface area contributed by atoms with Crippen LogP contribution in [0.4, 0.5) is 5.69 Å². The SMILES string of the molecule is O=C(CSc1n[nH]c(-c2ccncc2)n1)Nc1ccc2c(c1)OCCO2. The van der Waals surface area contributed by atoms with Crippen LogP contribution in [0.3, 0.4) is 0 Å². The summed E-state index contributed by atoms with van der Waals surface area (Å²) in [5.74, 6) is 2.01. The molecule has 0 radical (unpaired) electrons. The van der Waals surface area contributed by atoms with Gasteiger partial charge in [0.15, 0.2) is 17.3 Å². The molecule has 2 aromatic heterocycles. The minimum absolute atomic E-state index is 0.151. The topological polar surface area (TPSA) is 102 Å². The summed E-state index contributed by atoms with van der Waals surface area (Å²) < 4.78 is 11.0. The number of nitrogens with zero attached hydrogens (tertiary/aromatic N) is 3. The van der Waals surface area contributed by atoms with E-state index in [1.807, 2.05) is 12.1 Å². The number of carbonyl (C=O) groups is 1. The molecule has 2 N–H and O–H groups in total. The van der Waals surface area contributed by atoms with E-state index >= 15 is 0 Å². The minimum atomic E-state index is -0.151. The maximum Gasteiger partial charge on any atom is 0.234 e. The Labute approximate surface area is 153 Å². The van der Waals surface area contributed by atoms with Gasteiger partial charge in [0.1, 0.15) is 13.2 Å². The number of ether oxygens (including phenoxy) is 2. The van der Waals surface area contributed by atoms with Crippen LogP contribution in [-0.4, -0.2) is 45.0 Å². The molecule has 0 spiro atoms. The summed E-state index contributed by atoms with van der Waals surface area (Å²) in [6, 6.07) is 9.00. The van der Waals surface area contributed by atoms with Crippen LogP contribution < -0.4 is 14.8 Å². The third-order valence-electron chi connectivity index (χ3n) is 3.58. The Morgan fingerprint density at radius 2 is 1.96 bits per heavy atom. The highest BCUT2D eigenvalue weighted by atomic mass is 32.2. The second-order valence-corrected chi connectivity index (χ2v) is 6.34. The number of aromatic nitrogens is 4. The number of hydrogen-bond acceptors (Lipinski definition) is 7. The molecule has 0 saturated carbocycles. The van der Waals surface area contributed by atoms with Gasteiger partial charge in [0.25, 0.3) is 0 Å².